The van der Waals surface area contributed by atoms with E-state index in [9.17, 15) is 4.79 Å². The van der Waals surface area contributed by atoms with Gasteiger partial charge in [0.05, 0.1) is 5.02 Å². The average molecular weight is 394 g/mol. The molecule has 1 aromatic carbocycles. The van der Waals surface area contributed by atoms with E-state index in [0.717, 1.165) is 22.5 Å². The summed E-state index contributed by atoms with van der Waals surface area (Å²) in [4.78, 5) is 11.8. The zero-order valence-electron chi connectivity index (χ0n) is 10.6. The van der Waals surface area contributed by atoms with E-state index in [1.165, 1.54) is 12.8 Å². The van der Waals surface area contributed by atoms with E-state index in [1.807, 2.05) is 6.07 Å². The zero-order chi connectivity index (χ0) is 13.7. The third kappa shape index (κ3) is 5.28. The molecule has 5 heteroatoms. The minimum absolute atomic E-state index is 0.0829. The van der Waals surface area contributed by atoms with Gasteiger partial charge in [0.25, 0.3) is 5.91 Å². The first-order valence-electron chi connectivity index (χ1n) is 6.48. The van der Waals surface area contributed by atoms with Crippen LogP contribution in [0.4, 0.5) is 0 Å². The highest BCUT2D eigenvalue weighted by Crippen LogP contribution is 2.28. The molecule has 0 radical (unpaired) electrons. The minimum Gasteiger partial charge on any atom is -0.381 e. The van der Waals surface area contributed by atoms with Gasteiger partial charge in [-0.3, -0.25) is 4.79 Å². The van der Waals surface area contributed by atoms with Crippen LogP contribution in [-0.4, -0.2) is 25.7 Å². The molecule has 2 rings (SSSR count). The van der Waals surface area contributed by atoms with Gasteiger partial charge in [-0.05, 0) is 66.0 Å². The van der Waals surface area contributed by atoms with Gasteiger partial charge in [0, 0.05) is 28.9 Å². The summed E-state index contributed by atoms with van der Waals surface area (Å²) in [6.07, 6.45) is 3.46. The molecule has 104 valence electrons. The predicted molar refractivity (Wildman–Crippen MR) is 84.7 cm³/mol. The lowest BCUT2D eigenvalue weighted by Gasteiger charge is -2.06. The van der Waals surface area contributed by atoms with E-state index >= 15 is 0 Å². The summed E-state index contributed by atoms with van der Waals surface area (Å²) in [5.41, 5.74) is 0.601. The Labute approximate surface area is 132 Å². The van der Waals surface area contributed by atoms with Crippen molar-refractivity contribution in [1.82, 2.24) is 5.32 Å². The van der Waals surface area contributed by atoms with Gasteiger partial charge < -0.3 is 10.1 Å². The second-order valence-corrected chi connectivity index (χ2v) is 6.33. The van der Waals surface area contributed by atoms with Gasteiger partial charge in [0.2, 0.25) is 0 Å². The number of amides is 1. The number of benzene rings is 1. The summed E-state index contributed by atoms with van der Waals surface area (Å²) in [5.74, 6) is 0.712. The summed E-state index contributed by atoms with van der Waals surface area (Å²) in [6.45, 7) is 2.22. The molecule has 1 fully saturated rings. The van der Waals surface area contributed by atoms with Crippen LogP contribution in [0, 0.1) is 9.49 Å². The highest BCUT2D eigenvalue weighted by Gasteiger charge is 2.20. The van der Waals surface area contributed by atoms with Crippen molar-refractivity contribution in [3.63, 3.8) is 0 Å². The molecular weight excluding hydrogens is 377 g/mol. The lowest BCUT2D eigenvalue weighted by Crippen LogP contribution is -2.25. The van der Waals surface area contributed by atoms with E-state index in [-0.39, 0.29) is 5.91 Å². The van der Waals surface area contributed by atoms with E-state index < -0.39 is 0 Å². The van der Waals surface area contributed by atoms with Gasteiger partial charge in [-0.2, -0.15) is 0 Å². The monoisotopic (exact) mass is 393 g/mol. The quantitative estimate of drug-likeness (QED) is 0.569. The Morgan fingerprint density at radius 3 is 2.95 bits per heavy atom. The standard InChI is InChI=1S/C14H17ClINO2/c15-12-8-11(4-5-13(12)16)14(18)17-6-1-7-19-9-10-2-3-10/h4-5,8,10H,1-3,6-7,9H2,(H,17,18). The molecule has 1 aliphatic rings. The van der Waals surface area contributed by atoms with Crippen molar-refractivity contribution >= 4 is 40.1 Å². The molecule has 0 unspecified atom stereocenters. The highest BCUT2D eigenvalue weighted by atomic mass is 127. The SMILES string of the molecule is O=C(NCCCOCC1CC1)c1ccc(I)c(Cl)c1. The second-order valence-electron chi connectivity index (χ2n) is 4.76. The van der Waals surface area contributed by atoms with E-state index in [1.54, 1.807) is 12.1 Å². The highest BCUT2D eigenvalue weighted by molar-refractivity contribution is 14.1. The predicted octanol–water partition coefficient (Wildman–Crippen LogP) is 3.49. The maximum absolute atomic E-state index is 11.8. The molecule has 19 heavy (non-hydrogen) atoms. The Bertz CT molecular complexity index is 449. The maximum Gasteiger partial charge on any atom is 0.251 e. The molecule has 0 heterocycles. The molecule has 1 aliphatic carbocycles. The number of rotatable bonds is 7. The Hall–Kier alpha value is -0.330. The summed E-state index contributed by atoms with van der Waals surface area (Å²) in [7, 11) is 0. The van der Waals surface area contributed by atoms with Crippen LogP contribution in [0.3, 0.4) is 0 Å². The fourth-order valence-corrected chi connectivity index (χ4v) is 2.17. The number of hydrogen-bond acceptors (Lipinski definition) is 2. The summed E-state index contributed by atoms with van der Waals surface area (Å²) >= 11 is 8.13. The molecule has 1 aromatic rings. The average Bonchev–Trinajstić information content (AvgIpc) is 3.20. The van der Waals surface area contributed by atoms with E-state index in [0.29, 0.717) is 23.7 Å². The van der Waals surface area contributed by atoms with Crippen LogP contribution in [-0.2, 0) is 4.74 Å². The molecular formula is C14H17ClINO2. The van der Waals surface area contributed by atoms with Crippen LogP contribution >= 0.6 is 34.2 Å². The first kappa shape index (κ1) is 15.1. The van der Waals surface area contributed by atoms with Crippen molar-refractivity contribution in [1.29, 1.82) is 0 Å². The molecule has 0 saturated heterocycles. The van der Waals surface area contributed by atoms with Crippen LogP contribution in [0.25, 0.3) is 0 Å². The summed E-state index contributed by atoms with van der Waals surface area (Å²) < 4.78 is 6.45. The lowest BCUT2D eigenvalue weighted by atomic mass is 10.2. The molecule has 3 nitrogen and oxygen atoms in total. The molecule has 0 spiro atoms. The fraction of sp³-hybridized carbons (Fsp3) is 0.500. The zero-order valence-corrected chi connectivity index (χ0v) is 13.5. The molecule has 1 N–H and O–H groups in total. The molecule has 0 atom stereocenters. The Balaban J connectivity index is 1.63. The largest absolute Gasteiger partial charge is 0.381 e. The van der Waals surface area contributed by atoms with Gasteiger partial charge >= 0.3 is 0 Å². The third-order valence-electron chi connectivity index (χ3n) is 2.98. The number of halogens is 2. The Morgan fingerprint density at radius 2 is 2.26 bits per heavy atom. The first-order valence-corrected chi connectivity index (χ1v) is 7.93. The molecule has 0 aromatic heterocycles. The van der Waals surface area contributed by atoms with Crippen molar-refractivity contribution in [3.8, 4) is 0 Å². The molecule has 0 bridgehead atoms. The van der Waals surface area contributed by atoms with Crippen LogP contribution in [0.15, 0.2) is 18.2 Å². The molecule has 0 aliphatic heterocycles. The van der Waals surface area contributed by atoms with Gasteiger partial charge in [0.1, 0.15) is 0 Å². The lowest BCUT2D eigenvalue weighted by molar-refractivity contribution is 0.0937. The smallest absolute Gasteiger partial charge is 0.251 e. The molecule has 1 amide bonds. The Morgan fingerprint density at radius 1 is 1.47 bits per heavy atom. The topological polar surface area (TPSA) is 38.3 Å². The summed E-state index contributed by atoms with van der Waals surface area (Å²) in [6, 6.07) is 5.32. The number of hydrogen-bond donors (Lipinski definition) is 1. The van der Waals surface area contributed by atoms with Crippen molar-refractivity contribution in [2.24, 2.45) is 5.92 Å². The maximum atomic E-state index is 11.8. The van der Waals surface area contributed by atoms with Crippen molar-refractivity contribution in [3.05, 3.63) is 32.4 Å². The van der Waals surface area contributed by atoms with Gasteiger partial charge in [-0.1, -0.05) is 11.6 Å². The number of carbonyl (C=O) groups excluding carboxylic acids is 1. The van der Waals surface area contributed by atoms with Gasteiger partial charge in [-0.15, -0.1) is 0 Å². The van der Waals surface area contributed by atoms with Crippen LogP contribution in [0.5, 0.6) is 0 Å². The second kappa shape index (κ2) is 7.45. The van der Waals surface area contributed by atoms with Crippen LogP contribution < -0.4 is 5.32 Å². The number of nitrogens with one attached hydrogen (secondary N) is 1. The van der Waals surface area contributed by atoms with Crippen LogP contribution in [0.1, 0.15) is 29.6 Å². The molecule has 1 saturated carbocycles. The Kier molecular flexibility index (Phi) is 5.91. The number of carbonyl (C=O) groups is 1. The van der Waals surface area contributed by atoms with Crippen LogP contribution in [0.2, 0.25) is 5.02 Å². The van der Waals surface area contributed by atoms with Crippen molar-refractivity contribution in [2.45, 2.75) is 19.3 Å². The summed E-state index contributed by atoms with van der Waals surface area (Å²) in [5, 5.41) is 3.48. The van der Waals surface area contributed by atoms with E-state index in [2.05, 4.69) is 27.9 Å². The van der Waals surface area contributed by atoms with Gasteiger partial charge in [0.15, 0.2) is 0 Å². The first-order chi connectivity index (χ1) is 9.16. The third-order valence-corrected chi connectivity index (χ3v) is 4.56. The van der Waals surface area contributed by atoms with Crippen molar-refractivity contribution in [2.75, 3.05) is 19.8 Å². The van der Waals surface area contributed by atoms with E-state index in [4.69, 9.17) is 16.3 Å². The number of ether oxygens (including phenoxy) is 1. The normalized spacial score (nSPS) is 14.4. The van der Waals surface area contributed by atoms with Crippen molar-refractivity contribution < 1.29 is 9.53 Å². The minimum atomic E-state index is -0.0829. The fourth-order valence-electron chi connectivity index (χ4n) is 1.65. The van der Waals surface area contributed by atoms with Gasteiger partial charge in [-0.25, -0.2) is 0 Å².